The van der Waals surface area contributed by atoms with E-state index < -0.39 is 23.2 Å². The molecule has 17 heavy (non-hydrogen) atoms. The van der Waals surface area contributed by atoms with Gasteiger partial charge in [-0.05, 0) is 26.3 Å². The van der Waals surface area contributed by atoms with Gasteiger partial charge in [0.05, 0.1) is 17.9 Å². The van der Waals surface area contributed by atoms with Crippen LogP contribution < -0.4 is 0 Å². The molecule has 0 amide bonds. The molecule has 0 saturated heterocycles. The second-order valence-electron chi connectivity index (χ2n) is 4.69. The van der Waals surface area contributed by atoms with Crippen molar-refractivity contribution in [3.05, 3.63) is 11.6 Å². The van der Waals surface area contributed by atoms with Gasteiger partial charge < -0.3 is 9.53 Å². The number of carbonyl (C=O) groups excluding carboxylic acids is 3. The van der Waals surface area contributed by atoms with Crippen molar-refractivity contribution in [3.8, 4) is 0 Å². The van der Waals surface area contributed by atoms with Crippen molar-refractivity contribution in [2.24, 2.45) is 17.3 Å². The third-order valence-corrected chi connectivity index (χ3v) is 3.29. The normalized spacial score (nSPS) is 32.9. The summed E-state index contributed by atoms with van der Waals surface area (Å²) in [5, 5.41) is 0. The van der Waals surface area contributed by atoms with E-state index in [4.69, 9.17) is 4.74 Å². The van der Waals surface area contributed by atoms with Crippen molar-refractivity contribution in [1.82, 2.24) is 0 Å². The second-order valence-corrected chi connectivity index (χ2v) is 4.69. The average Bonchev–Trinajstić information content (AvgIpc) is 2.26. The minimum Gasteiger partial charge on any atom is -0.466 e. The van der Waals surface area contributed by atoms with E-state index in [0.29, 0.717) is 5.57 Å². The molecule has 0 N–H and O–H groups in total. The number of ketones is 1. The van der Waals surface area contributed by atoms with Gasteiger partial charge in [-0.1, -0.05) is 13.0 Å². The zero-order valence-corrected chi connectivity index (χ0v) is 10.6. The van der Waals surface area contributed by atoms with Gasteiger partial charge in [0.25, 0.3) is 0 Å². The SMILES string of the molecule is CCOC(=O)[C@@H]1[C@@H](C)C(=O)C(C)=C[C@@]1(C)C=O. The summed E-state index contributed by atoms with van der Waals surface area (Å²) in [6, 6.07) is 0. The van der Waals surface area contributed by atoms with Gasteiger partial charge in [0.1, 0.15) is 6.29 Å². The van der Waals surface area contributed by atoms with Crippen LogP contribution in [-0.4, -0.2) is 24.6 Å². The van der Waals surface area contributed by atoms with Crippen LogP contribution >= 0.6 is 0 Å². The molecule has 1 aliphatic rings. The van der Waals surface area contributed by atoms with Crippen LogP contribution in [0.4, 0.5) is 0 Å². The van der Waals surface area contributed by atoms with E-state index >= 15 is 0 Å². The fraction of sp³-hybridized carbons (Fsp3) is 0.615. The lowest BCUT2D eigenvalue weighted by Gasteiger charge is -2.36. The molecule has 0 spiro atoms. The first-order valence-corrected chi connectivity index (χ1v) is 5.74. The topological polar surface area (TPSA) is 60.4 Å². The Morgan fingerprint density at radius 1 is 1.59 bits per heavy atom. The Hall–Kier alpha value is -1.45. The highest BCUT2D eigenvalue weighted by Gasteiger charge is 2.48. The molecule has 0 radical (unpaired) electrons. The molecule has 0 heterocycles. The van der Waals surface area contributed by atoms with Gasteiger partial charge in [-0.25, -0.2) is 0 Å². The van der Waals surface area contributed by atoms with Crippen LogP contribution in [0.15, 0.2) is 11.6 Å². The van der Waals surface area contributed by atoms with Crippen LogP contribution in [0.5, 0.6) is 0 Å². The monoisotopic (exact) mass is 238 g/mol. The van der Waals surface area contributed by atoms with Gasteiger partial charge in [0.2, 0.25) is 0 Å². The number of allylic oxidation sites excluding steroid dienone is 2. The summed E-state index contributed by atoms with van der Waals surface area (Å²) >= 11 is 0. The molecule has 0 aromatic heterocycles. The van der Waals surface area contributed by atoms with E-state index in [1.807, 2.05) is 0 Å². The lowest BCUT2D eigenvalue weighted by molar-refractivity contribution is -0.158. The highest BCUT2D eigenvalue weighted by Crippen LogP contribution is 2.40. The Morgan fingerprint density at radius 2 is 2.18 bits per heavy atom. The van der Waals surface area contributed by atoms with Crippen LogP contribution in [0.3, 0.4) is 0 Å². The maximum atomic E-state index is 11.9. The largest absolute Gasteiger partial charge is 0.466 e. The van der Waals surface area contributed by atoms with E-state index in [-0.39, 0.29) is 12.4 Å². The summed E-state index contributed by atoms with van der Waals surface area (Å²) in [5.41, 5.74) is -0.420. The summed E-state index contributed by atoms with van der Waals surface area (Å²) < 4.78 is 4.95. The predicted octanol–water partition coefficient (Wildman–Crippen LogP) is 1.54. The molecule has 0 fully saturated rings. The number of hydrogen-bond donors (Lipinski definition) is 0. The number of Topliss-reactive ketones (excluding diaryl/α,β-unsaturated/α-hetero) is 1. The van der Waals surface area contributed by atoms with Gasteiger partial charge in [-0.3, -0.25) is 9.59 Å². The summed E-state index contributed by atoms with van der Waals surface area (Å²) in [7, 11) is 0. The molecule has 4 nitrogen and oxygen atoms in total. The maximum absolute atomic E-state index is 11.9. The van der Waals surface area contributed by atoms with Crippen molar-refractivity contribution in [3.63, 3.8) is 0 Å². The molecular weight excluding hydrogens is 220 g/mol. The Balaban J connectivity index is 3.20. The molecule has 0 aliphatic heterocycles. The lowest BCUT2D eigenvalue weighted by atomic mass is 9.65. The maximum Gasteiger partial charge on any atom is 0.310 e. The first kappa shape index (κ1) is 13.6. The van der Waals surface area contributed by atoms with Crippen molar-refractivity contribution in [1.29, 1.82) is 0 Å². The van der Waals surface area contributed by atoms with Gasteiger partial charge in [0.15, 0.2) is 5.78 Å². The van der Waals surface area contributed by atoms with Gasteiger partial charge in [-0.2, -0.15) is 0 Å². The number of esters is 1. The van der Waals surface area contributed by atoms with Crippen molar-refractivity contribution in [2.75, 3.05) is 6.61 Å². The van der Waals surface area contributed by atoms with Crippen molar-refractivity contribution >= 4 is 18.0 Å². The summed E-state index contributed by atoms with van der Waals surface area (Å²) in [6.45, 7) is 6.94. The zero-order valence-electron chi connectivity index (χ0n) is 10.6. The minimum atomic E-state index is -0.955. The highest BCUT2D eigenvalue weighted by atomic mass is 16.5. The Bertz CT molecular complexity index is 383. The number of carbonyl (C=O) groups is 3. The predicted molar refractivity (Wildman–Crippen MR) is 62.2 cm³/mol. The standard InChI is InChI=1S/C13H18O4/c1-5-17-12(16)10-9(3)11(15)8(2)6-13(10,4)7-14/h6-7,9-10H,5H2,1-4H3/t9-,10+,13+/m1/s1. The van der Waals surface area contributed by atoms with Crippen LogP contribution in [0.1, 0.15) is 27.7 Å². The van der Waals surface area contributed by atoms with E-state index in [2.05, 4.69) is 0 Å². The van der Waals surface area contributed by atoms with Gasteiger partial charge >= 0.3 is 5.97 Å². The quantitative estimate of drug-likeness (QED) is 0.552. The van der Waals surface area contributed by atoms with Crippen LogP contribution in [0.2, 0.25) is 0 Å². The van der Waals surface area contributed by atoms with E-state index in [0.717, 1.165) is 6.29 Å². The second kappa shape index (κ2) is 4.82. The third kappa shape index (κ3) is 2.30. The third-order valence-electron chi connectivity index (χ3n) is 3.29. The average molecular weight is 238 g/mol. The lowest BCUT2D eigenvalue weighted by Crippen LogP contribution is -2.45. The first-order valence-electron chi connectivity index (χ1n) is 5.74. The molecule has 1 aliphatic carbocycles. The molecule has 0 bridgehead atoms. The smallest absolute Gasteiger partial charge is 0.310 e. The molecule has 1 rings (SSSR count). The summed E-state index contributed by atoms with van der Waals surface area (Å²) in [4.78, 5) is 35.0. The fourth-order valence-electron chi connectivity index (χ4n) is 2.47. The number of aldehydes is 1. The van der Waals surface area contributed by atoms with Crippen LogP contribution in [0, 0.1) is 17.3 Å². The van der Waals surface area contributed by atoms with E-state index in [1.165, 1.54) is 0 Å². The van der Waals surface area contributed by atoms with Gasteiger partial charge in [0, 0.05) is 5.92 Å². The van der Waals surface area contributed by atoms with Crippen LogP contribution in [0.25, 0.3) is 0 Å². The molecular formula is C13H18O4. The molecule has 3 atom stereocenters. The fourth-order valence-corrected chi connectivity index (χ4v) is 2.47. The molecule has 4 heteroatoms. The minimum absolute atomic E-state index is 0.0950. The summed E-state index contributed by atoms with van der Waals surface area (Å²) in [6.07, 6.45) is 2.30. The number of hydrogen-bond acceptors (Lipinski definition) is 4. The molecule has 0 aromatic rings. The van der Waals surface area contributed by atoms with Crippen molar-refractivity contribution in [2.45, 2.75) is 27.7 Å². The molecule has 0 aromatic carbocycles. The Labute approximate surface area is 101 Å². The van der Waals surface area contributed by atoms with Crippen molar-refractivity contribution < 1.29 is 19.1 Å². The van der Waals surface area contributed by atoms with Gasteiger partial charge in [-0.15, -0.1) is 0 Å². The Kier molecular flexibility index (Phi) is 3.86. The number of ether oxygens (including phenoxy) is 1. The van der Waals surface area contributed by atoms with E-state index in [9.17, 15) is 14.4 Å². The summed E-state index contributed by atoms with van der Waals surface area (Å²) in [5.74, 6) is -1.82. The zero-order chi connectivity index (χ0) is 13.2. The van der Waals surface area contributed by atoms with Crippen LogP contribution in [-0.2, 0) is 19.1 Å². The highest BCUT2D eigenvalue weighted by molar-refractivity contribution is 6.02. The number of rotatable bonds is 3. The van der Waals surface area contributed by atoms with E-state index in [1.54, 1.807) is 33.8 Å². The molecule has 94 valence electrons. The first-order chi connectivity index (χ1) is 7.87. The molecule has 0 saturated carbocycles. The molecule has 0 unspecified atom stereocenters. The Morgan fingerprint density at radius 3 is 2.65 bits per heavy atom.